The van der Waals surface area contributed by atoms with Gasteiger partial charge in [-0.15, -0.1) is 0 Å². The van der Waals surface area contributed by atoms with Crippen molar-refractivity contribution in [2.24, 2.45) is 34.5 Å². The second kappa shape index (κ2) is 15.7. The van der Waals surface area contributed by atoms with E-state index in [2.05, 4.69) is 126 Å². The summed E-state index contributed by atoms with van der Waals surface area (Å²) in [6.07, 6.45) is 1.82. The fraction of sp³-hybridized carbons (Fsp3) is 0.690. The van der Waals surface area contributed by atoms with Crippen LogP contribution in [-0.4, -0.2) is 88.6 Å². The summed E-state index contributed by atoms with van der Waals surface area (Å²) in [6, 6.07) is 17.2. The fourth-order valence-corrected chi connectivity index (χ4v) is 9.52. The van der Waals surface area contributed by atoms with Crippen LogP contribution in [0.5, 0.6) is 0 Å². The van der Waals surface area contributed by atoms with E-state index in [1.165, 1.54) is 23.1 Å². The normalized spacial score (nSPS) is 29.2. The molecule has 50 heavy (non-hydrogen) atoms. The number of aliphatic hydroxyl groups is 2. The first-order valence-electron chi connectivity index (χ1n) is 19.0. The number of amides is 1. The number of hydroxylamine groups is 2. The average Bonchev–Trinajstić information content (AvgIpc) is 3.39. The van der Waals surface area contributed by atoms with Gasteiger partial charge in [-0.05, 0) is 92.5 Å². The van der Waals surface area contributed by atoms with Crippen molar-refractivity contribution in [3.8, 4) is 0 Å². The van der Waals surface area contributed by atoms with Crippen LogP contribution < -0.4 is 5.32 Å². The Kier molecular flexibility index (Phi) is 12.2. The third kappa shape index (κ3) is 8.99. The molecular formula is C42H66N4O4. The number of aliphatic hydroxyl groups excluding tert-OH is 2. The Balaban J connectivity index is 1.37. The zero-order valence-corrected chi connectivity index (χ0v) is 32.5. The summed E-state index contributed by atoms with van der Waals surface area (Å²) in [7, 11) is 4.31. The Morgan fingerprint density at radius 3 is 2.26 bits per heavy atom. The minimum Gasteiger partial charge on any atom is -0.394 e. The van der Waals surface area contributed by atoms with Gasteiger partial charge < -0.3 is 20.4 Å². The van der Waals surface area contributed by atoms with E-state index >= 15 is 0 Å². The number of carbonyl (C=O) groups is 1. The highest BCUT2D eigenvalue weighted by Gasteiger charge is 2.57. The summed E-state index contributed by atoms with van der Waals surface area (Å²) in [5, 5.41) is 26.3. The highest BCUT2D eigenvalue weighted by atomic mass is 16.7. The zero-order chi connectivity index (χ0) is 36.5. The maximum Gasteiger partial charge on any atom is 0.240 e. The van der Waals surface area contributed by atoms with Crippen molar-refractivity contribution in [2.75, 3.05) is 27.2 Å². The van der Waals surface area contributed by atoms with E-state index in [1.807, 2.05) is 0 Å². The molecule has 2 bridgehead atoms. The molecule has 278 valence electrons. The molecule has 1 heterocycles. The predicted octanol–water partition coefficient (Wildman–Crippen LogP) is 6.02. The number of aryl methyl sites for hydroxylation is 1. The quantitative estimate of drug-likeness (QED) is 0.223. The van der Waals surface area contributed by atoms with Crippen molar-refractivity contribution in [1.29, 1.82) is 0 Å². The van der Waals surface area contributed by atoms with Gasteiger partial charge in [0.05, 0.1) is 19.3 Å². The predicted molar refractivity (Wildman–Crippen MR) is 201 cm³/mol. The second-order valence-electron chi connectivity index (χ2n) is 18.1. The van der Waals surface area contributed by atoms with Crippen molar-refractivity contribution < 1.29 is 19.8 Å². The van der Waals surface area contributed by atoms with Crippen LogP contribution in [0.25, 0.3) is 0 Å². The molecule has 0 aromatic heterocycles. The van der Waals surface area contributed by atoms with Crippen LogP contribution in [0.15, 0.2) is 48.5 Å². The number of benzene rings is 2. The lowest BCUT2D eigenvalue weighted by molar-refractivity contribution is -0.183. The molecule has 6 rings (SSSR count). The summed E-state index contributed by atoms with van der Waals surface area (Å²) in [4.78, 5) is 25.4. The largest absolute Gasteiger partial charge is 0.394 e. The Morgan fingerprint density at radius 2 is 1.70 bits per heavy atom. The first kappa shape index (κ1) is 38.9. The monoisotopic (exact) mass is 691 g/mol. The van der Waals surface area contributed by atoms with Gasteiger partial charge in [-0.1, -0.05) is 95.6 Å². The van der Waals surface area contributed by atoms with Crippen molar-refractivity contribution >= 4 is 5.91 Å². The van der Waals surface area contributed by atoms with Crippen LogP contribution in [0, 0.1) is 41.4 Å². The Morgan fingerprint density at radius 1 is 1.06 bits per heavy atom. The maximum atomic E-state index is 14.2. The van der Waals surface area contributed by atoms with E-state index in [1.54, 1.807) is 12.0 Å². The van der Waals surface area contributed by atoms with Gasteiger partial charge in [0.1, 0.15) is 12.1 Å². The third-order valence-electron chi connectivity index (χ3n) is 12.2. The Hall–Kier alpha value is -2.33. The molecule has 2 aromatic carbocycles. The van der Waals surface area contributed by atoms with E-state index in [4.69, 9.17) is 4.84 Å². The average molecular weight is 691 g/mol. The number of hydrogen-bond donors (Lipinski definition) is 3. The second-order valence-corrected chi connectivity index (χ2v) is 18.1. The van der Waals surface area contributed by atoms with Gasteiger partial charge in [-0.25, -0.2) is 0 Å². The summed E-state index contributed by atoms with van der Waals surface area (Å²) >= 11 is 0. The molecule has 1 amide bonds. The van der Waals surface area contributed by atoms with Crippen molar-refractivity contribution in [1.82, 2.24) is 20.2 Å². The standard InChI is InChI=1S/C42H66N4O4/c1-27-13-11-14-30(17-27)22-45(34(25-44(9)10)21-41(4,5)6)23-31-15-12-16-32(18-31)24-46-39(38(29(3)48)37(26-47)50-46)40(49)43-36-20-33-19-35(28(36)2)42(33,7)8/h11-18,28-29,33-39,47-48H,19-26H2,1-10H3,(H,43,49)/t28-,29-,33+,34-,35-,36-,37-,38+,39-/m0/s1. The lowest BCUT2D eigenvalue weighted by Gasteiger charge is -2.62. The first-order valence-corrected chi connectivity index (χ1v) is 19.0. The van der Waals surface area contributed by atoms with Crippen LogP contribution in [0.1, 0.15) is 90.0 Å². The molecule has 3 N–H and O–H groups in total. The highest BCUT2D eigenvalue weighted by Crippen LogP contribution is 2.61. The number of nitrogens with zero attached hydrogens (tertiary/aromatic N) is 3. The van der Waals surface area contributed by atoms with Crippen LogP contribution in [0.2, 0.25) is 0 Å². The van der Waals surface area contributed by atoms with E-state index in [-0.39, 0.29) is 24.0 Å². The van der Waals surface area contributed by atoms with Crippen molar-refractivity contribution in [3.63, 3.8) is 0 Å². The number of nitrogens with one attached hydrogen (secondary N) is 1. The van der Waals surface area contributed by atoms with Gasteiger partial charge >= 0.3 is 0 Å². The molecule has 1 saturated heterocycles. The molecule has 1 aliphatic heterocycles. The van der Waals surface area contributed by atoms with Crippen LogP contribution in [0.3, 0.4) is 0 Å². The summed E-state index contributed by atoms with van der Waals surface area (Å²) in [5.74, 6) is 0.965. The molecule has 0 spiro atoms. The summed E-state index contributed by atoms with van der Waals surface area (Å²) in [5.41, 5.74) is 5.32. The minimum atomic E-state index is -0.818. The van der Waals surface area contributed by atoms with E-state index in [0.717, 1.165) is 38.0 Å². The molecule has 0 unspecified atom stereocenters. The number of hydrogen-bond acceptors (Lipinski definition) is 7. The Labute approximate surface area is 302 Å². The summed E-state index contributed by atoms with van der Waals surface area (Å²) < 4.78 is 0. The van der Waals surface area contributed by atoms with Crippen molar-refractivity contribution in [3.05, 3.63) is 70.8 Å². The molecule has 3 saturated carbocycles. The van der Waals surface area contributed by atoms with Crippen molar-refractivity contribution in [2.45, 2.75) is 125 Å². The van der Waals surface area contributed by atoms with E-state index in [9.17, 15) is 15.0 Å². The van der Waals surface area contributed by atoms with E-state index < -0.39 is 24.2 Å². The molecule has 0 radical (unpaired) electrons. The highest BCUT2D eigenvalue weighted by molar-refractivity contribution is 5.82. The molecule has 9 atom stereocenters. The fourth-order valence-electron chi connectivity index (χ4n) is 9.52. The minimum absolute atomic E-state index is 0.106. The lowest BCUT2D eigenvalue weighted by atomic mass is 9.45. The SMILES string of the molecule is Cc1cccc(CN(Cc2cccc(CN3O[C@@H](CO)[C@@H]([C@H](C)O)[C@H]3C(=O)N[C@H]3C[C@H]4C[C@@H]([C@@H]3C)C4(C)C)c2)[C@H](CN(C)C)CC(C)(C)C)c1. The van der Waals surface area contributed by atoms with Gasteiger partial charge in [0.25, 0.3) is 0 Å². The molecule has 4 fully saturated rings. The molecular weight excluding hydrogens is 624 g/mol. The van der Waals surface area contributed by atoms with Crippen LogP contribution in [-0.2, 0) is 29.3 Å². The van der Waals surface area contributed by atoms with E-state index in [0.29, 0.717) is 35.8 Å². The van der Waals surface area contributed by atoms with Gasteiger partial charge in [0.15, 0.2) is 0 Å². The van der Waals surface area contributed by atoms with Crippen LogP contribution >= 0.6 is 0 Å². The van der Waals surface area contributed by atoms with Gasteiger partial charge in [-0.2, -0.15) is 5.06 Å². The van der Waals surface area contributed by atoms with Crippen LogP contribution in [0.4, 0.5) is 0 Å². The maximum absolute atomic E-state index is 14.2. The molecule has 4 aliphatic rings. The molecule has 8 heteroatoms. The smallest absolute Gasteiger partial charge is 0.240 e. The number of carbonyl (C=O) groups excluding carboxylic acids is 1. The molecule has 3 aliphatic carbocycles. The third-order valence-corrected chi connectivity index (χ3v) is 12.2. The number of likely N-dealkylation sites (N-methyl/N-ethyl adjacent to an activating group) is 1. The summed E-state index contributed by atoms with van der Waals surface area (Å²) in [6.45, 7) is 20.5. The van der Waals surface area contributed by atoms with Gasteiger partial charge in [0.2, 0.25) is 5.91 Å². The zero-order valence-electron chi connectivity index (χ0n) is 32.5. The lowest BCUT2D eigenvalue weighted by Crippen LogP contribution is -2.62. The number of fused-ring (bicyclic) bond motifs is 2. The van der Waals surface area contributed by atoms with Gasteiger partial charge in [-0.3, -0.25) is 14.5 Å². The Bertz CT molecular complexity index is 1440. The molecule has 2 aromatic rings. The van der Waals surface area contributed by atoms with Gasteiger partial charge in [0, 0.05) is 37.6 Å². The number of rotatable bonds is 14. The molecule has 8 nitrogen and oxygen atoms in total. The first-order chi connectivity index (χ1) is 23.5. The topological polar surface area (TPSA) is 88.5 Å².